The van der Waals surface area contributed by atoms with Gasteiger partial charge in [-0.2, -0.15) is 0 Å². The van der Waals surface area contributed by atoms with E-state index in [1.54, 1.807) is 0 Å². The summed E-state index contributed by atoms with van der Waals surface area (Å²) in [5.41, 5.74) is 5.89. The van der Waals surface area contributed by atoms with Crippen molar-refractivity contribution in [1.29, 1.82) is 0 Å². The molecule has 0 saturated carbocycles. The molecule has 4 heteroatoms. The van der Waals surface area contributed by atoms with Crippen molar-refractivity contribution >= 4 is 22.9 Å². The summed E-state index contributed by atoms with van der Waals surface area (Å²) in [5, 5.41) is 7.15. The summed E-state index contributed by atoms with van der Waals surface area (Å²) >= 11 is 0. The van der Waals surface area contributed by atoms with Gasteiger partial charge < -0.3 is 10.6 Å². The molecule has 0 saturated heterocycles. The Morgan fingerprint density at radius 3 is 2.36 bits per heavy atom. The summed E-state index contributed by atoms with van der Waals surface area (Å²) in [6.07, 6.45) is 2.68. The van der Waals surface area contributed by atoms with Crippen LogP contribution in [0.25, 0.3) is 0 Å². The van der Waals surface area contributed by atoms with Crippen molar-refractivity contribution in [2.45, 2.75) is 33.2 Å². The van der Waals surface area contributed by atoms with E-state index in [0.29, 0.717) is 17.5 Å². The second-order valence-corrected chi connectivity index (χ2v) is 9.82. The van der Waals surface area contributed by atoms with Crippen LogP contribution in [0.15, 0.2) is 84.6 Å². The van der Waals surface area contributed by atoms with Crippen LogP contribution in [0, 0.1) is 18.3 Å². The quantitative estimate of drug-likeness (QED) is 0.473. The smallest absolute Gasteiger partial charge is 0.193 e. The molecule has 2 atom stereocenters. The van der Waals surface area contributed by atoms with Gasteiger partial charge in [0.25, 0.3) is 0 Å². The summed E-state index contributed by atoms with van der Waals surface area (Å²) in [4.78, 5) is 26.4. The average molecular weight is 437 g/mol. The van der Waals surface area contributed by atoms with E-state index in [1.165, 1.54) is 5.56 Å². The molecule has 2 N–H and O–H groups in total. The lowest BCUT2D eigenvalue weighted by molar-refractivity contribution is -0.124. The molecule has 0 spiro atoms. The third-order valence-electron chi connectivity index (χ3n) is 6.54. The monoisotopic (exact) mass is 436 g/mol. The van der Waals surface area contributed by atoms with Crippen molar-refractivity contribution < 1.29 is 9.59 Å². The highest BCUT2D eigenvalue weighted by Gasteiger charge is 2.41. The average Bonchev–Trinajstić information content (AvgIpc) is 2.95. The zero-order valence-electron chi connectivity index (χ0n) is 19.2. The molecule has 3 aromatic carbocycles. The van der Waals surface area contributed by atoms with Gasteiger partial charge in [0.2, 0.25) is 0 Å². The van der Waals surface area contributed by atoms with Gasteiger partial charge >= 0.3 is 0 Å². The van der Waals surface area contributed by atoms with E-state index in [4.69, 9.17) is 0 Å². The molecular formula is C29H28N2O2. The van der Waals surface area contributed by atoms with E-state index in [0.717, 1.165) is 22.6 Å². The lowest BCUT2D eigenvalue weighted by Gasteiger charge is -2.35. The minimum Gasteiger partial charge on any atom is -0.375 e. The van der Waals surface area contributed by atoms with E-state index in [1.807, 2.05) is 48.5 Å². The van der Waals surface area contributed by atoms with Crippen molar-refractivity contribution in [3.05, 3.63) is 107 Å². The van der Waals surface area contributed by atoms with Gasteiger partial charge in [0.1, 0.15) is 5.78 Å². The van der Waals surface area contributed by atoms with Gasteiger partial charge in [-0.05, 0) is 36.1 Å². The number of benzene rings is 3. The molecule has 0 radical (unpaired) electrons. The Labute approximate surface area is 194 Å². The van der Waals surface area contributed by atoms with Crippen LogP contribution >= 0.6 is 0 Å². The predicted molar refractivity (Wildman–Crippen MR) is 132 cm³/mol. The fraction of sp³-hybridized carbons (Fsp3) is 0.241. The van der Waals surface area contributed by atoms with Crippen LogP contribution in [0.2, 0.25) is 0 Å². The van der Waals surface area contributed by atoms with Crippen molar-refractivity contribution in [2.75, 3.05) is 10.6 Å². The maximum absolute atomic E-state index is 13.4. The predicted octanol–water partition coefficient (Wildman–Crippen LogP) is 6.30. The Morgan fingerprint density at radius 1 is 0.909 bits per heavy atom. The van der Waals surface area contributed by atoms with Crippen LogP contribution in [0.5, 0.6) is 0 Å². The molecule has 1 heterocycles. The first-order chi connectivity index (χ1) is 15.8. The van der Waals surface area contributed by atoms with Gasteiger partial charge in [-0.25, -0.2) is 0 Å². The highest BCUT2D eigenvalue weighted by atomic mass is 16.1. The maximum atomic E-state index is 13.4. The van der Waals surface area contributed by atoms with Gasteiger partial charge in [-0.15, -0.1) is 0 Å². The van der Waals surface area contributed by atoms with Crippen LogP contribution in [0.4, 0.5) is 11.4 Å². The molecule has 166 valence electrons. The summed E-state index contributed by atoms with van der Waals surface area (Å²) in [7, 11) is 0. The Bertz CT molecular complexity index is 1260. The van der Waals surface area contributed by atoms with Crippen molar-refractivity contribution in [2.24, 2.45) is 11.3 Å². The number of carbonyl (C=O) groups excluding carboxylic acids is 2. The second kappa shape index (κ2) is 8.04. The van der Waals surface area contributed by atoms with E-state index in [2.05, 4.69) is 61.7 Å². The van der Waals surface area contributed by atoms with Gasteiger partial charge in [-0.3, -0.25) is 9.59 Å². The van der Waals surface area contributed by atoms with Crippen molar-refractivity contribution in [3.63, 3.8) is 0 Å². The summed E-state index contributed by atoms with van der Waals surface area (Å²) < 4.78 is 0. The molecule has 1 aliphatic carbocycles. The number of hydrogen-bond donors (Lipinski definition) is 2. The maximum Gasteiger partial charge on any atom is 0.193 e. The summed E-state index contributed by atoms with van der Waals surface area (Å²) in [5.74, 6) is -0.122. The highest BCUT2D eigenvalue weighted by Crippen LogP contribution is 2.45. The minimum atomic E-state index is -0.318. The normalized spacial score (nSPS) is 20.9. The lowest BCUT2D eigenvalue weighted by Crippen LogP contribution is -2.36. The first kappa shape index (κ1) is 21.2. The fourth-order valence-electron chi connectivity index (χ4n) is 4.90. The fourth-order valence-corrected chi connectivity index (χ4v) is 4.90. The Morgan fingerprint density at radius 2 is 1.64 bits per heavy atom. The molecule has 5 rings (SSSR count). The SMILES string of the molecule is Cc1ccc([C@H]2Nc3ccc(C(=O)c4ccccc4)cc3NC3=CC(C)(C)CC(=O)[C@H]32)cc1. The Kier molecular flexibility index (Phi) is 5.16. The van der Waals surface area contributed by atoms with Gasteiger partial charge in [0, 0.05) is 23.2 Å². The highest BCUT2D eigenvalue weighted by molar-refractivity contribution is 6.10. The number of Topliss-reactive ketones (excluding diaryl/α,β-unsaturated/α-hetero) is 1. The van der Waals surface area contributed by atoms with Gasteiger partial charge in [0.15, 0.2) is 5.78 Å². The van der Waals surface area contributed by atoms with Crippen LogP contribution in [0.1, 0.15) is 53.4 Å². The largest absolute Gasteiger partial charge is 0.375 e. The molecule has 0 bridgehead atoms. The third-order valence-corrected chi connectivity index (χ3v) is 6.54. The molecule has 0 fully saturated rings. The molecular weight excluding hydrogens is 408 g/mol. The van der Waals surface area contributed by atoms with Crippen LogP contribution in [-0.4, -0.2) is 11.6 Å². The standard InChI is InChI=1S/C29H28N2O2/c1-18-9-11-19(12-10-18)27-26-24(16-29(2,3)17-25(26)32)30-23-15-21(13-14-22(23)31-27)28(33)20-7-5-4-6-8-20/h4-16,26-27,30-31H,17H2,1-3H3/t26-,27+/m0/s1. The molecule has 33 heavy (non-hydrogen) atoms. The Balaban J connectivity index is 1.60. The zero-order valence-corrected chi connectivity index (χ0v) is 19.2. The first-order valence-corrected chi connectivity index (χ1v) is 11.4. The number of allylic oxidation sites excluding steroid dienone is 1. The van der Waals surface area contributed by atoms with E-state index in [9.17, 15) is 9.59 Å². The molecule has 2 aliphatic rings. The number of nitrogens with one attached hydrogen (secondary N) is 2. The third kappa shape index (κ3) is 4.09. The number of anilines is 2. The number of ketones is 2. The van der Waals surface area contributed by atoms with E-state index >= 15 is 0 Å². The Hall–Kier alpha value is -3.66. The van der Waals surface area contributed by atoms with E-state index < -0.39 is 0 Å². The molecule has 1 aliphatic heterocycles. The molecule has 0 amide bonds. The molecule has 0 aromatic heterocycles. The van der Waals surface area contributed by atoms with Gasteiger partial charge in [0.05, 0.1) is 23.3 Å². The van der Waals surface area contributed by atoms with Crippen LogP contribution in [0.3, 0.4) is 0 Å². The second-order valence-electron chi connectivity index (χ2n) is 9.82. The lowest BCUT2D eigenvalue weighted by atomic mass is 9.72. The topological polar surface area (TPSA) is 58.2 Å². The molecule has 4 nitrogen and oxygen atoms in total. The van der Waals surface area contributed by atoms with Gasteiger partial charge in [-0.1, -0.05) is 80.1 Å². The zero-order chi connectivity index (χ0) is 23.2. The summed E-state index contributed by atoms with van der Waals surface area (Å²) in [6.45, 7) is 6.24. The minimum absolute atomic E-state index is 0.0230. The number of aryl methyl sites for hydroxylation is 1. The molecule has 3 aromatic rings. The summed E-state index contributed by atoms with van der Waals surface area (Å²) in [6, 6.07) is 23.1. The first-order valence-electron chi connectivity index (χ1n) is 11.4. The van der Waals surface area contributed by atoms with Crippen molar-refractivity contribution in [1.82, 2.24) is 0 Å². The molecule has 0 unspecified atom stereocenters. The van der Waals surface area contributed by atoms with Crippen LogP contribution < -0.4 is 10.6 Å². The number of hydrogen-bond acceptors (Lipinski definition) is 4. The van der Waals surface area contributed by atoms with Crippen molar-refractivity contribution in [3.8, 4) is 0 Å². The van der Waals surface area contributed by atoms with E-state index in [-0.39, 0.29) is 28.9 Å². The number of carbonyl (C=O) groups is 2. The number of rotatable bonds is 3. The van der Waals surface area contributed by atoms with Crippen LogP contribution in [-0.2, 0) is 4.79 Å². The number of fused-ring (bicyclic) bond motifs is 2.